The molecule has 25 heavy (non-hydrogen) atoms. The van der Waals surface area contributed by atoms with Crippen molar-refractivity contribution < 1.29 is 4.79 Å². The maximum absolute atomic E-state index is 12.4. The molecule has 1 unspecified atom stereocenters. The highest BCUT2D eigenvalue weighted by Crippen LogP contribution is 2.44. The third-order valence-electron chi connectivity index (χ3n) is 5.43. The molecule has 4 heteroatoms. The van der Waals surface area contributed by atoms with E-state index < -0.39 is 0 Å². The van der Waals surface area contributed by atoms with Gasteiger partial charge < -0.3 is 15.5 Å². The summed E-state index contributed by atoms with van der Waals surface area (Å²) < 4.78 is 0. The third kappa shape index (κ3) is 3.02. The van der Waals surface area contributed by atoms with Gasteiger partial charge in [0, 0.05) is 26.6 Å². The van der Waals surface area contributed by atoms with Gasteiger partial charge in [-0.3, -0.25) is 4.79 Å². The predicted molar refractivity (Wildman–Crippen MR) is 101 cm³/mol. The first kappa shape index (κ1) is 16.2. The lowest BCUT2D eigenvalue weighted by Gasteiger charge is -2.43. The zero-order valence-corrected chi connectivity index (χ0v) is 14.7. The Morgan fingerprint density at radius 3 is 2.32 bits per heavy atom. The summed E-state index contributed by atoms with van der Waals surface area (Å²) in [5, 5.41) is 0. The molecule has 2 N–H and O–H groups in total. The van der Waals surface area contributed by atoms with Crippen LogP contribution >= 0.6 is 0 Å². The topological polar surface area (TPSA) is 49.6 Å². The minimum Gasteiger partial charge on any atom is -0.363 e. The van der Waals surface area contributed by atoms with Crippen molar-refractivity contribution in [3.05, 3.63) is 59.7 Å². The lowest BCUT2D eigenvalue weighted by atomic mass is 10.0. The van der Waals surface area contributed by atoms with Gasteiger partial charge in [0.25, 0.3) is 0 Å². The second-order valence-corrected chi connectivity index (χ2v) is 7.14. The van der Waals surface area contributed by atoms with Crippen molar-refractivity contribution in [1.82, 2.24) is 0 Å². The van der Waals surface area contributed by atoms with Crippen LogP contribution in [-0.4, -0.2) is 18.5 Å². The number of carbonyl (C=O) groups excluding carboxylic acids is 1. The predicted octanol–water partition coefficient (Wildman–Crippen LogP) is 3.30. The lowest BCUT2D eigenvalue weighted by Crippen LogP contribution is -2.52. The first-order valence-electron chi connectivity index (χ1n) is 9.09. The monoisotopic (exact) mass is 335 g/mol. The van der Waals surface area contributed by atoms with E-state index in [0.717, 1.165) is 24.5 Å². The Bertz CT molecular complexity index is 784. The van der Waals surface area contributed by atoms with E-state index >= 15 is 0 Å². The molecule has 1 aliphatic carbocycles. The van der Waals surface area contributed by atoms with Crippen LogP contribution in [0.5, 0.6) is 0 Å². The Hall–Kier alpha value is -2.33. The van der Waals surface area contributed by atoms with Crippen LogP contribution in [0.2, 0.25) is 0 Å². The Balaban J connectivity index is 1.72. The number of para-hydroxylation sites is 2. The van der Waals surface area contributed by atoms with Gasteiger partial charge in [0.1, 0.15) is 0 Å². The van der Waals surface area contributed by atoms with Crippen molar-refractivity contribution in [3.63, 3.8) is 0 Å². The molecule has 1 amide bonds. The van der Waals surface area contributed by atoms with Gasteiger partial charge in [-0.2, -0.15) is 0 Å². The lowest BCUT2D eigenvalue weighted by molar-refractivity contribution is -0.117. The minimum absolute atomic E-state index is 0.145. The number of benzene rings is 2. The van der Waals surface area contributed by atoms with Gasteiger partial charge in [0.05, 0.1) is 17.4 Å². The van der Waals surface area contributed by atoms with Gasteiger partial charge in [-0.1, -0.05) is 36.4 Å². The first-order chi connectivity index (χ1) is 12.2. The number of nitrogens with two attached hydrogens (primary N) is 1. The molecular formula is C21H25N3O. The molecule has 0 saturated heterocycles. The number of carbonyl (C=O) groups is 1. The Morgan fingerprint density at radius 2 is 1.68 bits per heavy atom. The normalized spacial score (nSPS) is 19.7. The highest BCUT2D eigenvalue weighted by molar-refractivity contribution is 5.97. The molecule has 0 radical (unpaired) electrons. The highest BCUT2D eigenvalue weighted by atomic mass is 16.2. The molecular weight excluding hydrogens is 310 g/mol. The molecule has 4 nitrogen and oxygen atoms in total. The van der Waals surface area contributed by atoms with E-state index in [0.29, 0.717) is 12.5 Å². The van der Waals surface area contributed by atoms with Crippen LogP contribution in [0.4, 0.5) is 11.4 Å². The molecule has 1 fully saturated rings. The molecule has 1 atom stereocenters. The van der Waals surface area contributed by atoms with Crippen molar-refractivity contribution in [3.8, 4) is 0 Å². The summed E-state index contributed by atoms with van der Waals surface area (Å²) in [6, 6.07) is 16.9. The van der Waals surface area contributed by atoms with Crippen molar-refractivity contribution in [2.45, 2.75) is 38.9 Å². The number of hydrogen-bond acceptors (Lipinski definition) is 3. The van der Waals surface area contributed by atoms with Crippen LogP contribution in [0.25, 0.3) is 0 Å². The van der Waals surface area contributed by atoms with Crippen molar-refractivity contribution >= 4 is 17.3 Å². The van der Waals surface area contributed by atoms with Gasteiger partial charge >= 0.3 is 0 Å². The van der Waals surface area contributed by atoms with E-state index in [1.54, 1.807) is 6.92 Å². The summed E-state index contributed by atoms with van der Waals surface area (Å²) in [7, 11) is 0. The Labute approximate surface area is 149 Å². The quantitative estimate of drug-likeness (QED) is 0.933. The summed E-state index contributed by atoms with van der Waals surface area (Å²) in [4.78, 5) is 16.8. The van der Waals surface area contributed by atoms with E-state index in [-0.39, 0.29) is 11.9 Å². The summed E-state index contributed by atoms with van der Waals surface area (Å²) in [5.41, 5.74) is 10.6. The van der Waals surface area contributed by atoms with Crippen LogP contribution in [-0.2, 0) is 17.9 Å². The van der Waals surface area contributed by atoms with Crippen LogP contribution in [0, 0.1) is 5.92 Å². The average molecular weight is 335 g/mol. The van der Waals surface area contributed by atoms with Gasteiger partial charge in [0.2, 0.25) is 5.91 Å². The summed E-state index contributed by atoms with van der Waals surface area (Å²) in [5.74, 6) is 0.774. The molecule has 0 spiro atoms. The molecule has 1 saturated carbocycles. The third-order valence-corrected chi connectivity index (χ3v) is 5.43. The fraction of sp³-hybridized carbons (Fsp3) is 0.381. The zero-order valence-electron chi connectivity index (χ0n) is 14.7. The summed E-state index contributed by atoms with van der Waals surface area (Å²) >= 11 is 0. The van der Waals surface area contributed by atoms with E-state index in [1.165, 1.54) is 24.0 Å². The fourth-order valence-electron chi connectivity index (χ4n) is 4.03. The molecule has 1 aliphatic heterocycles. The highest BCUT2D eigenvalue weighted by Gasteiger charge is 2.42. The number of fused-ring (bicyclic) bond motifs is 1. The van der Waals surface area contributed by atoms with Crippen molar-refractivity contribution in [1.29, 1.82) is 0 Å². The smallest absolute Gasteiger partial charge is 0.224 e. The Morgan fingerprint density at radius 1 is 1.04 bits per heavy atom. The molecule has 130 valence electrons. The average Bonchev–Trinajstić information content (AvgIpc) is 3.46. The van der Waals surface area contributed by atoms with E-state index in [1.807, 2.05) is 17.0 Å². The van der Waals surface area contributed by atoms with Gasteiger partial charge in [0.15, 0.2) is 0 Å². The number of hydrogen-bond donors (Lipinski definition) is 1. The SMILES string of the molecule is CC(=O)N1c2ccccc2N(Cc2ccccc2CN)CC1C1CC1. The van der Waals surface area contributed by atoms with Crippen LogP contribution in [0.1, 0.15) is 30.9 Å². The zero-order chi connectivity index (χ0) is 17.4. The van der Waals surface area contributed by atoms with Crippen LogP contribution in [0.3, 0.4) is 0 Å². The number of rotatable bonds is 4. The molecule has 1 heterocycles. The van der Waals surface area contributed by atoms with Crippen molar-refractivity contribution in [2.75, 3.05) is 16.3 Å². The molecule has 2 aromatic rings. The van der Waals surface area contributed by atoms with Gasteiger partial charge in [-0.15, -0.1) is 0 Å². The first-order valence-corrected chi connectivity index (χ1v) is 9.09. The maximum atomic E-state index is 12.4. The number of amides is 1. The van der Waals surface area contributed by atoms with Gasteiger partial charge in [-0.05, 0) is 42.0 Å². The van der Waals surface area contributed by atoms with E-state index in [4.69, 9.17) is 5.73 Å². The summed E-state index contributed by atoms with van der Waals surface area (Å²) in [6.45, 7) is 3.96. The molecule has 2 aromatic carbocycles. The summed E-state index contributed by atoms with van der Waals surface area (Å²) in [6.07, 6.45) is 2.45. The minimum atomic E-state index is 0.145. The van der Waals surface area contributed by atoms with Gasteiger partial charge in [-0.25, -0.2) is 0 Å². The standard InChI is InChI=1S/C21H25N3O/c1-15(25)24-20-9-5-4-8-19(20)23(14-21(24)16-10-11-16)13-18-7-3-2-6-17(18)12-22/h2-9,16,21H,10-14,22H2,1H3. The number of anilines is 2. The molecule has 4 rings (SSSR count). The van der Waals surface area contributed by atoms with Crippen LogP contribution < -0.4 is 15.5 Å². The number of nitrogens with zero attached hydrogens (tertiary/aromatic N) is 2. The fourth-order valence-corrected chi connectivity index (χ4v) is 4.03. The second-order valence-electron chi connectivity index (χ2n) is 7.14. The molecule has 2 aliphatic rings. The van der Waals surface area contributed by atoms with Crippen molar-refractivity contribution in [2.24, 2.45) is 11.7 Å². The maximum Gasteiger partial charge on any atom is 0.224 e. The largest absolute Gasteiger partial charge is 0.363 e. The molecule has 0 aromatic heterocycles. The van der Waals surface area contributed by atoms with E-state index in [2.05, 4.69) is 41.3 Å². The van der Waals surface area contributed by atoms with E-state index in [9.17, 15) is 4.79 Å². The Kier molecular flexibility index (Phi) is 4.22. The second kappa shape index (κ2) is 6.52. The van der Waals surface area contributed by atoms with Crippen LogP contribution in [0.15, 0.2) is 48.5 Å². The molecule has 0 bridgehead atoms.